The van der Waals surface area contributed by atoms with Gasteiger partial charge < -0.3 is 10.4 Å². The fourth-order valence-electron chi connectivity index (χ4n) is 2.22. The second-order valence-corrected chi connectivity index (χ2v) is 4.70. The minimum Gasteiger partial charge on any atom is -0.481 e. The summed E-state index contributed by atoms with van der Waals surface area (Å²) in [5.41, 5.74) is 4.72. The lowest BCUT2D eigenvalue weighted by Crippen LogP contribution is -2.11. The molecule has 1 fully saturated rings. The molecule has 1 saturated carbocycles. The van der Waals surface area contributed by atoms with Crippen LogP contribution in [0.1, 0.15) is 23.1 Å². The van der Waals surface area contributed by atoms with E-state index in [1.54, 1.807) is 0 Å². The molecule has 2 rings (SSSR count). The number of nitrogens with one attached hydrogen (secondary N) is 1. The van der Waals surface area contributed by atoms with E-state index in [0.29, 0.717) is 0 Å². The zero-order valence-electron chi connectivity index (χ0n) is 9.87. The van der Waals surface area contributed by atoms with Crippen molar-refractivity contribution in [2.75, 3.05) is 5.32 Å². The lowest BCUT2D eigenvalue weighted by molar-refractivity contribution is -0.138. The standard InChI is InChI=1S/C13H17NO2/c1-7-4-8(2)12(9(3)5-7)14-11-6-10(11)13(15)16/h4-5,10-11,14H,6H2,1-3H3,(H,15,16). The first-order valence-electron chi connectivity index (χ1n) is 5.56. The minimum atomic E-state index is -0.695. The van der Waals surface area contributed by atoms with Gasteiger partial charge in [-0.05, 0) is 38.3 Å². The number of carboxylic acid groups (broad SMARTS) is 1. The summed E-state index contributed by atoms with van der Waals surface area (Å²) in [6.45, 7) is 6.18. The second kappa shape index (κ2) is 3.81. The van der Waals surface area contributed by atoms with E-state index >= 15 is 0 Å². The molecule has 0 amide bonds. The van der Waals surface area contributed by atoms with Gasteiger partial charge in [0, 0.05) is 11.7 Å². The van der Waals surface area contributed by atoms with Gasteiger partial charge in [0.1, 0.15) is 0 Å². The third kappa shape index (κ3) is 2.03. The van der Waals surface area contributed by atoms with Crippen molar-refractivity contribution in [1.29, 1.82) is 0 Å². The molecule has 3 nitrogen and oxygen atoms in total. The van der Waals surface area contributed by atoms with Crippen molar-refractivity contribution < 1.29 is 9.90 Å². The van der Waals surface area contributed by atoms with Crippen molar-refractivity contribution in [2.45, 2.75) is 33.2 Å². The molecule has 0 bridgehead atoms. The number of aryl methyl sites for hydroxylation is 3. The van der Waals surface area contributed by atoms with Crippen LogP contribution in [-0.4, -0.2) is 17.1 Å². The van der Waals surface area contributed by atoms with E-state index in [9.17, 15) is 4.79 Å². The van der Waals surface area contributed by atoms with Crippen molar-refractivity contribution >= 4 is 11.7 Å². The summed E-state index contributed by atoms with van der Waals surface area (Å²) in [6.07, 6.45) is 0.738. The summed E-state index contributed by atoms with van der Waals surface area (Å²) in [7, 11) is 0. The molecular formula is C13H17NO2. The first kappa shape index (κ1) is 11.0. The summed E-state index contributed by atoms with van der Waals surface area (Å²) < 4.78 is 0. The third-order valence-corrected chi connectivity index (χ3v) is 3.11. The first-order valence-corrected chi connectivity index (χ1v) is 5.56. The fraction of sp³-hybridized carbons (Fsp3) is 0.462. The van der Waals surface area contributed by atoms with Gasteiger partial charge >= 0.3 is 5.97 Å². The average molecular weight is 219 g/mol. The van der Waals surface area contributed by atoms with E-state index in [0.717, 1.165) is 12.1 Å². The van der Waals surface area contributed by atoms with Crippen LogP contribution in [0.2, 0.25) is 0 Å². The van der Waals surface area contributed by atoms with E-state index < -0.39 is 5.97 Å². The normalized spacial score (nSPS) is 22.9. The van der Waals surface area contributed by atoms with E-state index in [2.05, 4.69) is 38.2 Å². The lowest BCUT2D eigenvalue weighted by atomic mass is 10.1. The minimum absolute atomic E-state index is 0.109. The Kier molecular flexibility index (Phi) is 2.62. The second-order valence-electron chi connectivity index (χ2n) is 4.70. The summed E-state index contributed by atoms with van der Waals surface area (Å²) in [5, 5.41) is 12.2. The average Bonchev–Trinajstić information content (AvgIpc) is 2.90. The quantitative estimate of drug-likeness (QED) is 0.821. The zero-order valence-corrected chi connectivity index (χ0v) is 9.87. The number of hydrogen-bond donors (Lipinski definition) is 2. The van der Waals surface area contributed by atoms with E-state index in [1.807, 2.05) is 0 Å². The van der Waals surface area contributed by atoms with Gasteiger partial charge in [-0.15, -0.1) is 0 Å². The van der Waals surface area contributed by atoms with Gasteiger partial charge in [-0.2, -0.15) is 0 Å². The molecule has 0 aromatic heterocycles. The number of hydrogen-bond acceptors (Lipinski definition) is 2. The maximum absolute atomic E-state index is 10.7. The van der Waals surface area contributed by atoms with Gasteiger partial charge in [-0.1, -0.05) is 17.7 Å². The summed E-state index contributed by atoms with van der Waals surface area (Å²) in [6, 6.07) is 4.35. The summed E-state index contributed by atoms with van der Waals surface area (Å²) >= 11 is 0. The molecule has 2 atom stereocenters. The van der Waals surface area contributed by atoms with Crippen molar-refractivity contribution in [3.63, 3.8) is 0 Å². The highest BCUT2D eigenvalue weighted by molar-refractivity contribution is 5.76. The van der Waals surface area contributed by atoms with Gasteiger partial charge in [0.2, 0.25) is 0 Å². The zero-order chi connectivity index (χ0) is 11.9. The van der Waals surface area contributed by atoms with E-state index in [-0.39, 0.29) is 12.0 Å². The smallest absolute Gasteiger partial charge is 0.308 e. The fourth-order valence-corrected chi connectivity index (χ4v) is 2.22. The third-order valence-electron chi connectivity index (χ3n) is 3.11. The Bertz CT molecular complexity index is 417. The molecule has 0 aliphatic heterocycles. The van der Waals surface area contributed by atoms with Crippen LogP contribution >= 0.6 is 0 Å². The highest BCUT2D eigenvalue weighted by atomic mass is 16.4. The molecular weight excluding hydrogens is 202 g/mol. The predicted octanol–water partition coefficient (Wildman–Crippen LogP) is 2.50. The van der Waals surface area contributed by atoms with Gasteiger partial charge in [-0.25, -0.2) is 0 Å². The maximum Gasteiger partial charge on any atom is 0.308 e. The van der Waals surface area contributed by atoms with Crippen LogP contribution in [0, 0.1) is 26.7 Å². The van der Waals surface area contributed by atoms with Crippen LogP contribution in [-0.2, 0) is 4.79 Å². The van der Waals surface area contributed by atoms with Gasteiger partial charge in [-0.3, -0.25) is 4.79 Å². The van der Waals surface area contributed by atoms with Crippen LogP contribution in [0.15, 0.2) is 12.1 Å². The molecule has 1 aliphatic rings. The molecule has 16 heavy (non-hydrogen) atoms. The summed E-state index contributed by atoms with van der Waals surface area (Å²) in [4.78, 5) is 10.7. The lowest BCUT2D eigenvalue weighted by Gasteiger charge is -2.13. The van der Waals surface area contributed by atoms with Crippen molar-refractivity contribution in [3.05, 3.63) is 28.8 Å². The number of aliphatic carboxylic acids is 1. The van der Waals surface area contributed by atoms with Crippen molar-refractivity contribution in [3.8, 4) is 0 Å². The predicted molar refractivity (Wildman–Crippen MR) is 63.8 cm³/mol. The molecule has 86 valence electrons. The van der Waals surface area contributed by atoms with Crippen LogP contribution in [0.3, 0.4) is 0 Å². The van der Waals surface area contributed by atoms with Crippen LogP contribution < -0.4 is 5.32 Å². The van der Waals surface area contributed by atoms with Gasteiger partial charge in [0.15, 0.2) is 0 Å². The Labute approximate surface area is 95.5 Å². The molecule has 1 aromatic carbocycles. The number of rotatable bonds is 3. The Morgan fingerprint density at radius 2 is 1.88 bits per heavy atom. The van der Waals surface area contributed by atoms with Gasteiger partial charge in [0.25, 0.3) is 0 Å². The molecule has 0 saturated heterocycles. The number of carbonyl (C=O) groups is 1. The Morgan fingerprint density at radius 1 is 1.31 bits per heavy atom. The van der Waals surface area contributed by atoms with Crippen LogP contribution in [0.25, 0.3) is 0 Å². The van der Waals surface area contributed by atoms with Gasteiger partial charge in [0.05, 0.1) is 5.92 Å². The molecule has 2 N–H and O–H groups in total. The summed E-state index contributed by atoms with van der Waals surface area (Å²) in [5.74, 6) is -0.903. The number of benzene rings is 1. The molecule has 0 spiro atoms. The van der Waals surface area contributed by atoms with Crippen molar-refractivity contribution in [2.24, 2.45) is 5.92 Å². The van der Waals surface area contributed by atoms with E-state index in [4.69, 9.17) is 5.11 Å². The highest BCUT2D eigenvalue weighted by Gasteiger charge is 2.43. The monoisotopic (exact) mass is 219 g/mol. The molecule has 1 aromatic rings. The molecule has 2 unspecified atom stereocenters. The molecule has 0 heterocycles. The number of anilines is 1. The van der Waals surface area contributed by atoms with Crippen molar-refractivity contribution in [1.82, 2.24) is 0 Å². The van der Waals surface area contributed by atoms with Crippen LogP contribution in [0.4, 0.5) is 5.69 Å². The molecule has 0 radical (unpaired) electrons. The Morgan fingerprint density at radius 3 is 2.31 bits per heavy atom. The Hall–Kier alpha value is -1.51. The van der Waals surface area contributed by atoms with Crippen LogP contribution in [0.5, 0.6) is 0 Å². The number of carboxylic acids is 1. The maximum atomic E-state index is 10.7. The Balaban J connectivity index is 2.14. The molecule has 1 aliphatic carbocycles. The first-order chi connectivity index (χ1) is 7.49. The topological polar surface area (TPSA) is 49.3 Å². The SMILES string of the molecule is Cc1cc(C)c(NC2CC2C(=O)O)c(C)c1. The van der Waals surface area contributed by atoms with E-state index in [1.165, 1.54) is 16.7 Å². The highest BCUT2D eigenvalue weighted by Crippen LogP contribution is 2.35. The largest absolute Gasteiger partial charge is 0.481 e. The molecule has 3 heteroatoms.